The summed E-state index contributed by atoms with van der Waals surface area (Å²) >= 11 is 0. The van der Waals surface area contributed by atoms with Gasteiger partial charge in [-0.25, -0.2) is 0 Å². The molecule has 0 amide bonds. The molecule has 0 aromatic carbocycles. The van der Waals surface area contributed by atoms with Crippen LogP contribution in [0.3, 0.4) is 0 Å². The first-order valence-electron chi connectivity index (χ1n) is 5.43. The van der Waals surface area contributed by atoms with E-state index in [0.717, 1.165) is 25.9 Å². The minimum atomic E-state index is 0.321. The zero-order valence-corrected chi connectivity index (χ0v) is 9.69. The predicted molar refractivity (Wildman–Crippen MR) is 61.3 cm³/mol. The third kappa shape index (κ3) is 1.18. The van der Waals surface area contributed by atoms with Gasteiger partial charge < -0.3 is 0 Å². The SMILES string of the molecule is C=C1CN2CC(=C)CC2(C(C)(C)C)C1. The summed E-state index contributed by atoms with van der Waals surface area (Å²) in [6, 6.07) is 0. The Kier molecular flexibility index (Phi) is 1.94. The minimum Gasteiger partial charge on any atom is -0.289 e. The molecule has 0 unspecified atom stereocenters. The maximum absolute atomic E-state index is 4.15. The molecule has 2 aliphatic rings. The highest BCUT2D eigenvalue weighted by molar-refractivity contribution is 5.28. The average molecular weight is 191 g/mol. The van der Waals surface area contributed by atoms with Crippen LogP contribution in [0.15, 0.2) is 24.3 Å². The summed E-state index contributed by atoms with van der Waals surface area (Å²) in [5, 5.41) is 0. The van der Waals surface area contributed by atoms with Gasteiger partial charge in [-0.3, -0.25) is 4.90 Å². The third-order valence-corrected chi connectivity index (χ3v) is 3.92. The van der Waals surface area contributed by atoms with Crippen LogP contribution in [0.25, 0.3) is 0 Å². The topological polar surface area (TPSA) is 3.24 Å². The number of hydrogen-bond acceptors (Lipinski definition) is 1. The van der Waals surface area contributed by atoms with Crippen molar-refractivity contribution in [3.05, 3.63) is 24.3 Å². The molecule has 2 aliphatic heterocycles. The Bertz CT molecular complexity index is 273. The average Bonchev–Trinajstić information content (AvgIpc) is 2.38. The standard InChI is InChI=1S/C13H21N/c1-10-6-13(12(3,4)5)7-11(2)9-14(13)8-10/h1-2,6-9H2,3-5H3. The molecule has 0 N–H and O–H groups in total. The van der Waals surface area contributed by atoms with E-state index in [1.807, 2.05) is 0 Å². The maximum Gasteiger partial charge on any atom is 0.0339 e. The lowest BCUT2D eigenvalue weighted by Crippen LogP contribution is -2.48. The van der Waals surface area contributed by atoms with Gasteiger partial charge in [-0.15, -0.1) is 0 Å². The summed E-state index contributed by atoms with van der Waals surface area (Å²) in [4.78, 5) is 2.58. The molecular formula is C13H21N. The zero-order chi connectivity index (χ0) is 10.6. The summed E-state index contributed by atoms with van der Waals surface area (Å²) in [7, 11) is 0. The highest BCUT2D eigenvalue weighted by Gasteiger charge is 2.53. The molecule has 0 aromatic heterocycles. The van der Waals surface area contributed by atoms with Crippen molar-refractivity contribution in [1.29, 1.82) is 0 Å². The molecule has 0 bridgehead atoms. The van der Waals surface area contributed by atoms with Crippen molar-refractivity contribution < 1.29 is 0 Å². The van der Waals surface area contributed by atoms with Gasteiger partial charge in [-0.05, 0) is 18.3 Å². The first-order chi connectivity index (χ1) is 6.35. The van der Waals surface area contributed by atoms with E-state index in [4.69, 9.17) is 0 Å². The molecular weight excluding hydrogens is 170 g/mol. The number of nitrogens with zero attached hydrogens (tertiary/aromatic N) is 1. The van der Waals surface area contributed by atoms with E-state index in [9.17, 15) is 0 Å². The van der Waals surface area contributed by atoms with Gasteiger partial charge in [0.2, 0.25) is 0 Å². The Hall–Kier alpha value is -0.560. The van der Waals surface area contributed by atoms with Crippen LogP contribution in [-0.4, -0.2) is 23.5 Å². The monoisotopic (exact) mass is 191 g/mol. The van der Waals surface area contributed by atoms with Crippen molar-refractivity contribution in [2.24, 2.45) is 5.41 Å². The van der Waals surface area contributed by atoms with Gasteiger partial charge in [0.15, 0.2) is 0 Å². The maximum atomic E-state index is 4.15. The molecule has 0 saturated carbocycles. The summed E-state index contributed by atoms with van der Waals surface area (Å²) in [6.45, 7) is 17.5. The van der Waals surface area contributed by atoms with Crippen LogP contribution in [0.4, 0.5) is 0 Å². The molecule has 0 radical (unpaired) electrons. The van der Waals surface area contributed by atoms with E-state index in [-0.39, 0.29) is 0 Å². The van der Waals surface area contributed by atoms with Crippen molar-refractivity contribution in [3.63, 3.8) is 0 Å². The second-order valence-corrected chi connectivity index (χ2v) is 5.99. The van der Waals surface area contributed by atoms with Crippen LogP contribution >= 0.6 is 0 Å². The Labute approximate surface area is 87.5 Å². The van der Waals surface area contributed by atoms with E-state index in [2.05, 4.69) is 38.8 Å². The number of fused-ring (bicyclic) bond motifs is 1. The first-order valence-corrected chi connectivity index (χ1v) is 5.43. The summed E-state index contributed by atoms with van der Waals surface area (Å²) < 4.78 is 0. The fourth-order valence-corrected chi connectivity index (χ4v) is 3.13. The van der Waals surface area contributed by atoms with Gasteiger partial charge in [-0.1, -0.05) is 45.1 Å². The molecule has 78 valence electrons. The summed E-state index contributed by atoms with van der Waals surface area (Å²) in [5.41, 5.74) is 3.44. The molecule has 2 fully saturated rings. The van der Waals surface area contributed by atoms with E-state index in [1.165, 1.54) is 11.1 Å². The van der Waals surface area contributed by atoms with Crippen molar-refractivity contribution >= 4 is 0 Å². The second-order valence-electron chi connectivity index (χ2n) is 5.99. The third-order valence-electron chi connectivity index (χ3n) is 3.92. The summed E-state index contributed by atoms with van der Waals surface area (Å²) in [6.07, 6.45) is 2.32. The lowest BCUT2D eigenvalue weighted by atomic mass is 9.70. The quantitative estimate of drug-likeness (QED) is 0.532. The fourth-order valence-electron chi connectivity index (χ4n) is 3.13. The normalized spacial score (nSPS) is 27.1. The minimum absolute atomic E-state index is 0.321. The van der Waals surface area contributed by atoms with Crippen LogP contribution in [-0.2, 0) is 0 Å². The van der Waals surface area contributed by atoms with Crippen molar-refractivity contribution in [1.82, 2.24) is 4.90 Å². The molecule has 14 heavy (non-hydrogen) atoms. The largest absolute Gasteiger partial charge is 0.289 e. The van der Waals surface area contributed by atoms with E-state index >= 15 is 0 Å². The van der Waals surface area contributed by atoms with Gasteiger partial charge in [0.1, 0.15) is 0 Å². The Morgan fingerprint density at radius 2 is 1.50 bits per heavy atom. The van der Waals surface area contributed by atoms with Crippen LogP contribution < -0.4 is 0 Å². The molecule has 0 atom stereocenters. The highest BCUT2D eigenvalue weighted by atomic mass is 15.3. The zero-order valence-electron chi connectivity index (χ0n) is 9.69. The molecule has 0 aliphatic carbocycles. The summed E-state index contributed by atoms with van der Waals surface area (Å²) in [5.74, 6) is 0. The Morgan fingerprint density at radius 1 is 1.07 bits per heavy atom. The smallest absolute Gasteiger partial charge is 0.0339 e. The Morgan fingerprint density at radius 3 is 1.79 bits per heavy atom. The predicted octanol–water partition coefficient (Wildman–Crippen LogP) is 2.99. The lowest BCUT2D eigenvalue weighted by molar-refractivity contribution is 0.0646. The molecule has 0 spiro atoms. The van der Waals surface area contributed by atoms with E-state index in [0.29, 0.717) is 11.0 Å². The number of rotatable bonds is 0. The molecule has 0 aromatic rings. The molecule has 2 heterocycles. The highest BCUT2D eigenvalue weighted by Crippen LogP contribution is 2.52. The lowest BCUT2D eigenvalue weighted by Gasteiger charge is -2.43. The van der Waals surface area contributed by atoms with E-state index < -0.39 is 0 Å². The van der Waals surface area contributed by atoms with Crippen molar-refractivity contribution in [3.8, 4) is 0 Å². The van der Waals surface area contributed by atoms with Crippen LogP contribution in [0.1, 0.15) is 33.6 Å². The van der Waals surface area contributed by atoms with E-state index in [1.54, 1.807) is 0 Å². The molecule has 1 heteroatoms. The Balaban J connectivity index is 2.39. The first kappa shape index (κ1) is 9.97. The molecule has 2 saturated heterocycles. The van der Waals surface area contributed by atoms with Crippen LogP contribution in [0, 0.1) is 5.41 Å². The number of hydrogen-bond donors (Lipinski definition) is 0. The van der Waals surface area contributed by atoms with Gasteiger partial charge in [-0.2, -0.15) is 0 Å². The van der Waals surface area contributed by atoms with Crippen LogP contribution in [0.5, 0.6) is 0 Å². The van der Waals surface area contributed by atoms with Crippen molar-refractivity contribution in [2.45, 2.75) is 39.2 Å². The van der Waals surface area contributed by atoms with Gasteiger partial charge in [0.25, 0.3) is 0 Å². The van der Waals surface area contributed by atoms with Gasteiger partial charge in [0.05, 0.1) is 0 Å². The molecule has 1 nitrogen and oxygen atoms in total. The van der Waals surface area contributed by atoms with Crippen LogP contribution in [0.2, 0.25) is 0 Å². The van der Waals surface area contributed by atoms with Gasteiger partial charge >= 0.3 is 0 Å². The van der Waals surface area contributed by atoms with Gasteiger partial charge in [0, 0.05) is 18.6 Å². The molecule has 2 rings (SSSR count). The second kappa shape index (κ2) is 2.73. The fraction of sp³-hybridized carbons (Fsp3) is 0.692. The van der Waals surface area contributed by atoms with Crippen molar-refractivity contribution in [2.75, 3.05) is 13.1 Å².